The van der Waals surface area contributed by atoms with E-state index in [1.807, 2.05) is 61.7 Å². The molecule has 1 aromatic heterocycles. The van der Waals surface area contributed by atoms with Crippen molar-refractivity contribution in [3.63, 3.8) is 0 Å². The number of thiazole rings is 1. The fourth-order valence-corrected chi connectivity index (χ4v) is 3.58. The number of amides is 2. The first-order valence-electron chi connectivity index (χ1n) is 8.60. The Bertz CT molecular complexity index is 995. The molecule has 0 aliphatic heterocycles. The van der Waals surface area contributed by atoms with Crippen molar-refractivity contribution in [1.29, 1.82) is 0 Å². The number of anilines is 2. The number of hydrogen-bond donors (Lipinski definition) is 2. The third kappa shape index (κ3) is 5.01. The van der Waals surface area contributed by atoms with Gasteiger partial charge in [0.2, 0.25) is 11.8 Å². The SMILES string of the molecule is CC(=O)Nc1cccc(-c2nc(CC(=O)Nc3ccc(C)cc3C)cs2)c1. The molecule has 2 N–H and O–H groups in total. The lowest BCUT2D eigenvalue weighted by molar-refractivity contribution is -0.116. The lowest BCUT2D eigenvalue weighted by Gasteiger charge is -2.08. The van der Waals surface area contributed by atoms with Gasteiger partial charge in [0.05, 0.1) is 12.1 Å². The van der Waals surface area contributed by atoms with Crippen molar-refractivity contribution in [2.45, 2.75) is 27.2 Å². The molecule has 3 aromatic rings. The minimum absolute atomic E-state index is 0.0919. The molecule has 3 rings (SSSR count). The third-order valence-electron chi connectivity index (χ3n) is 3.98. The van der Waals surface area contributed by atoms with Gasteiger partial charge < -0.3 is 10.6 Å². The van der Waals surface area contributed by atoms with E-state index in [2.05, 4.69) is 15.6 Å². The van der Waals surface area contributed by atoms with Gasteiger partial charge in [0.15, 0.2) is 0 Å². The summed E-state index contributed by atoms with van der Waals surface area (Å²) in [6, 6.07) is 13.4. The van der Waals surface area contributed by atoms with Gasteiger partial charge in [-0.15, -0.1) is 11.3 Å². The number of rotatable bonds is 5. The topological polar surface area (TPSA) is 71.1 Å². The summed E-state index contributed by atoms with van der Waals surface area (Å²) in [5, 5.41) is 8.42. The smallest absolute Gasteiger partial charge is 0.230 e. The van der Waals surface area contributed by atoms with Crippen LogP contribution in [-0.2, 0) is 16.0 Å². The zero-order valence-electron chi connectivity index (χ0n) is 15.5. The van der Waals surface area contributed by atoms with Gasteiger partial charge in [-0.2, -0.15) is 0 Å². The highest BCUT2D eigenvalue weighted by atomic mass is 32.1. The van der Waals surface area contributed by atoms with Gasteiger partial charge in [0, 0.05) is 29.2 Å². The molecule has 0 saturated heterocycles. The number of nitrogens with zero attached hydrogens (tertiary/aromatic N) is 1. The van der Waals surface area contributed by atoms with Gasteiger partial charge in [-0.25, -0.2) is 4.98 Å². The Labute approximate surface area is 162 Å². The van der Waals surface area contributed by atoms with Crippen molar-refractivity contribution in [2.24, 2.45) is 0 Å². The third-order valence-corrected chi connectivity index (χ3v) is 4.92. The molecular formula is C21H21N3O2S. The number of carbonyl (C=O) groups excluding carboxylic acids is 2. The van der Waals surface area contributed by atoms with Gasteiger partial charge in [0.25, 0.3) is 0 Å². The summed E-state index contributed by atoms with van der Waals surface area (Å²) < 4.78 is 0. The van der Waals surface area contributed by atoms with Crippen LogP contribution in [0.1, 0.15) is 23.7 Å². The molecule has 0 aliphatic carbocycles. The second-order valence-corrected chi connectivity index (χ2v) is 7.31. The van der Waals surface area contributed by atoms with Crippen molar-refractivity contribution in [3.8, 4) is 10.6 Å². The molecule has 2 amide bonds. The molecular weight excluding hydrogens is 358 g/mol. The number of aryl methyl sites for hydroxylation is 2. The highest BCUT2D eigenvalue weighted by molar-refractivity contribution is 7.13. The maximum atomic E-state index is 12.3. The van der Waals surface area contributed by atoms with Crippen LogP contribution in [0.5, 0.6) is 0 Å². The monoisotopic (exact) mass is 379 g/mol. The Balaban J connectivity index is 1.69. The van der Waals surface area contributed by atoms with Crippen LogP contribution in [0.3, 0.4) is 0 Å². The van der Waals surface area contributed by atoms with Gasteiger partial charge in [-0.3, -0.25) is 9.59 Å². The van der Waals surface area contributed by atoms with E-state index in [1.165, 1.54) is 18.3 Å². The number of benzene rings is 2. The van der Waals surface area contributed by atoms with Crippen molar-refractivity contribution >= 4 is 34.5 Å². The number of carbonyl (C=O) groups is 2. The molecule has 6 heteroatoms. The lowest BCUT2D eigenvalue weighted by Crippen LogP contribution is -2.15. The first-order chi connectivity index (χ1) is 12.9. The van der Waals surface area contributed by atoms with E-state index in [0.717, 1.165) is 38.8 Å². The molecule has 0 fully saturated rings. The zero-order chi connectivity index (χ0) is 19.4. The quantitative estimate of drug-likeness (QED) is 0.682. The molecule has 138 valence electrons. The minimum atomic E-state index is -0.116. The maximum absolute atomic E-state index is 12.3. The summed E-state index contributed by atoms with van der Waals surface area (Å²) in [5.41, 5.74) is 5.39. The van der Waals surface area contributed by atoms with Gasteiger partial charge in [-0.05, 0) is 37.6 Å². The Kier molecular flexibility index (Phi) is 5.66. The predicted molar refractivity (Wildman–Crippen MR) is 110 cm³/mol. The molecule has 0 radical (unpaired) electrons. The summed E-state index contributed by atoms with van der Waals surface area (Å²) in [6.45, 7) is 5.48. The minimum Gasteiger partial charge on any atom is -0.326 e. The standard InChI is InChI=1S/C21H21N3O2S/c1-13-7-8-19(14(2)9-13)24-20(26)11-18-12-27-21(23-18)16-5-4-6-17(10-16)22-15(3)25/h4-10,12H,11H2,1-3H3,(H,22,25)(H,24,26). The van der Waals surface area contributed by atoms with Crippen LogP contribution in [0.15, 0.2) is 47.8 Å². The number of aromatic nitrogens is 1. The fourth-order valence-electron chi connectivity index (χ4n) is 2.77. The highest BCUT2D eigenvalue weighted by Crippen LogP contribution is 2.26. The van der Waals surface area contributed by atoms with E-state index in [0.29, 0.717) is 0 Å². The Morgan fingerprint density at radius 2 is 1.89 bits per heavy atom. The molecule has 0 bridgehead atoms. The summed E-state index contributed by atoms with van der Waals surface area (Å²) in [6.07, 6.45) is 0.217. The second-order valence-electron chi connectivity index (χ2n) is 6.45. The van der Waals surface area contributed by atoms with Gasteiger partial charge in [0.1, 0.15) is 5.01 Å². The summed E-state index contributed by atoms with van der Waals surface area (Å²) >= 11 is 1.48. The molecule has 2 aromatic carbocycles. The largest absolute Gasteiger partial charge is 0.326 e. The molecule has 5 nitrogen and oxygen atoms in total. The van der Waals surface area contributed by atoms with Crippen LogP contribution >= 0.6 is 11.3 Å². The summed E-state index contributed by atoms with van der Waals surface area (Å²) in [4.78, 5) is 28.1. The highest BCUT2D eigenvalue weighted by Gasteiger charge is 2.11. The molecule has 0 atom stereocenters. The van der Waals surface area contributed by atoms with Crippen molar-refractivity contribution in [2.75, 3.05) is 10.6 Å². The fraction of sp³-hybridized carbons (Fsp3) is 0.190. The average molecular weight is 379 g/mol. The summed E-state index contributed by atoms with van der Waals surface area (Å²) in [5.74, 6) is -0.208. The molecule has 0 spiro atoms. The summed E-state index contributed by atoms with van der Waals surface area (Å²) in [7, 11) is 0. The van der Waals surface area contributed by atoms with Crippen LogP contribution in [-0.4, -0.2) is 16.8 Å². The van der Waals surface area contributed by atoms with Crippen LogP contribution in [0.4, 0.5) is 11.4 Å². The van der Waals surface area contributed by atoms with Crippen LogP contribution in [0, 0.1) is 13.8 Å². The van der Waals surface area contributed by atoms with Crippen molar-refractivity contribution in [1.82, 2.24) is 4.98 Å². The zero-order valence-corrected chi connectivity index (χ0v) is 16.3. The lowest BCUT2D eigenvalue weighted by atomic mass is 10.1. The Hall–Kier alpha value is -2.99. The first kappa shape index (κ1) is 18.8. The molecule has 1 heterocycles. The molecule has 0 unspecified atom stereocenters. The van der Waals surface area contributed by atoms with Crippen LogP contribution < -0.4 is 10.6 Å². The van der Waals surface area contributed by atoms with E-state index >= 15 is 0 Å². The van der Waals surface area contributed by atoms with E-state index < -0.39 is 0 Å². The molecule has 0 aliphatic rings. The normalized spacial score (nSPS) is 10.5. The van der Waals surface area contributed by atoms with Gasteiger partial charge in [-0.1, -0.05) is 29.8 Å². The average Bonchev–Trinajstić information content (AvgIpc) is 3.05. The van der Waals surface area contributed by atoms with E-state index in [-0.39, 0.29) is 18.2 Å². The first-order valence-corrected chi connectivity index (χ1v) is 9.48. The predicted octanol–water partition coefficient (Wildman–Crippen LogP) is 4.57. The van der Waals surface area contributed by atoms with E-state index in [1.54, 1.807) is 0 Å². The Morgan fingerprint density at radius 1 is 1.07 bits per heavy atom. The van der Waals surface area contributed by atoms with Crippen LogP contribution in [0.2, 0.25) is 0 Å². The van der Waals surface area contributed by atoms with Gasteiger partial charge >= 0.3 is 0 Å². The van der Waals surface area contributed by atoms with Crippen molar-refractivity contribution in [3.05, 3.63) is 64.7 Å². The Morgan fingerprint density at radius 3 is 2.63 bits per heavy atom. The molecule has 27 heavy (non-hydrogen) atoms. The second kappa shape index (κ2) is 8.14. The maximum Gasteiger partial charge on any atom is 0.230 e. The van der Waals surface area contributed by atoms with E-state index in [9.17, 15) is 9.59 Å². The van der Waals surface area contributed by atoms with Crippen LogP contribution in [0.25, 0.3) is 10.6 Å². The van der Waals surface area contributed by atoms with Crippen molar-refractivity contribution < 1.29 is 9.59 Å². The number of nitrogens with one attached hydrogen (secondary N) is 2. The van der Waals surface area contributed by atoms with E-state index in [4.69, 9.17) is 0 Å². The molecule has 0 saturated carbocycles. The number of hydrogen-bond acceptors (Lipinski definition) is 4.